The van der Waals surface area contributed by atoms with Gasteiger partial charge in [0.15, 0.2) is 0 Å². The van der Waals surface area contributed by atoms with Gasteiger partial charge in [-0.15, -0.1) is 0 Å². The molecular weight excluding hydrogens is 972 g/mol. The van der Waals surface area contributed by atoms with E-state index >= 15 is 0 Å². The second kappa shape index (κ2) is 59.6. The minimum atomic E-state index is -4.57. The molecule has 0 aromatic rings. The standard InChI is InChI=1S/C68H135N2O6P/c1-6-8-10-12-14-16-18-20-22-24-26-28-29-30-31-32-33-34-35-36-37-38-39-40-41-42-44-46-48-50-52-54-56-58-60-62-68(72)69-66(65-76-77(73,74)75-64-63-70(3,4)5)67(71)61-59-57-55-53-51-49-47-45-43-27-25-23-21-19-17-15-13-11-9-7-2/h18,20,24,26,66-67,71H,6-17,19,21-23,25,27-65H2,1-5H3,(H-,69,72,73,74)/b20-18-,26-24-. The molecule has 0 fully saturated rings. The molecule has 0 saturated heterocycles. The van der Waals surface area contributed by atoms with Gasteiger partial charge in [-0.3, -0.25) is 9.36 Å². The zero-order valence-electron chi connectivity index (χ0n) is 52.4. The maximum absolute atomic E-state index is 13.0. The van der Waals surface area contributed by atoms with Crippen LogP contribution >= 0.6 is 7.82 Å². The zero-order valence-corrected chi connectivity index (χ0v) is 53.3. The summed E-state index contributed by atoms with van der Waals surface area (Å²) >= 11 is 0. The molecule has 0 aromatic heterocycles. The monoisotopic (exact) mass is 1110 g/mol. The van der Waals surface area contributed by atoms with Crippen LogP contribution < -0.4 is 10.2 Å². The normalized spacial score (nSPS) is 13.8. The van der Waals surface area contributed by atoms with E-state index in [1.807, 2.05) is 21.1 Å². The number of allylic oxidation sites excluding steroid dienone is 4. The molecule has 458 valence electrons. The fourth-order valence-corrected chi connectivity index (χ4v) is 11.3. The minimum Gasteiger partial charge on any atom is -0.756 e. The Labute approximate surface area is 481 Å². The summed E-state index contributed by atoms with van der Waals surface area (Å²) in [7, 11) is 1.32. The van der Waals surface area contributed by atoms with Crippen LogP contribution in [0.5, 0.6) is 0 Å². The van der Waals surface area contributed by atoms with E-state index in [0.29, 0.717) is 23.9 Å². The van der Waals surface area contributed by atoms with Crippen molar-refractivity contribution in [2.24, 2.45) is 0 Å². The van der Waals surface area contributed by atoms with Gasteiger partial charge in [-0.1, -0.05) is 327 Å². The fraction of sp³-hybridized carbons (Fsp3) is 0.926. The smallest absolute Gasteiger partial charge is 0.268 e. The van der Waals surface area contributed by atoms with Crippen LogP contribution in [0.4, 0.5) is 0 Å². The van der Waals surface area contributed by atoms with Crippen LogP contribution in [0.25, 0.3) is 0 Å². The largest absolute Gasteiger partial charge is 0.756 e. The molecule has 9 heteroatoms. The van der Waals surface area contributed by atoms with Gasteiger partial charge in [-0.25, -0.2) is 0 Å². The summed E-state index contributed by atoms with van der Waals surface area (Å²) in [6.07, 6.45) is 76.8. The van der Waals surface area contributed by atoms with E-state index < -0.39 is 20.0 Å². The molecule has 3 atom stereocenters. The molecule has 2 N–H and O–H groups in total. The van der Waals surface area contributed by atoms with E-state index in [4.69, 9.17) is 9.05 Å². The third-order valence-electron chi connectivity index (χ3n) is 15.9. The Bertz CT molecular complexity index is 1300. The van der Waals surface area contributed by atoms with Crippen molar-refractivity contribution in [1.29, 1.82) is 0 Å². The van der Waals surface area contributed by atoms with Crippen molar-refractivity contribution < 1.29 is 32.9 Å². The molecule has 8 nitrogen and oxygen atoms in total. The van der Waals surface area contributed by atoms with E-state index in [-0.39, 0.29) is 19.1 Å². The van der Waals surface area contributed by atoms with Crippen LogP contribution in [-0.4, -0.2) is 68.5 Å². The molecule has 0 radical (unpaired) electrons. The molecule has 0 saturated carbocycles. The van der Waals surface area contributed by atoms with E-state index in [2.05, 4.69) is 43.5 Å². The maximum Gasteiger partial charge on any atom is 0.268 e. The maximum atomic E-state index is 13.0. The van der Waals surface area contributed by atoms with E-state index in [1.54, 1.807) is 0 Å². The van der Waals surface area contributed by atoms with Crippen molar-refractivity contribution in [3.63, 3.8) is 0 Å². The lowest BCUT2D eigenvalue weighted by Gasteiger charge is -2.30. The van der Waals surface area contributed by atoms with E-state index in [9.17, 15) is 19.4 Å². The summed E-state index contributed by atoms with van der Waals surface area (Å²) in [6.45, 7) is 4.77. The molecule has 0 aliphatic carbocycles. The van der Waals surface area contributed by atoms with Crippen molar-refractivity contribution in [3.8, 4) is 0 Å². The van der Waals surface area contributed by atoms with Crippen LogP contribution in [0.1, 0.15) is 354 Å². The third kappa shape index (κ3) is 62.4. The Balaban J connectivity index is 3.95. The number of nitrogens with zero attached hydrogens (tertiary/aromatic N) is 1. The van der Waals surface area contributed by atoms with Gasteiger partial charge in [-0.05, 0) is 44.9 Å². The Hall–Kier alpha value is -1.02. The van der Waals surface area contributed by atoms with Crippen molar-refractivity contribution >= 4 is 13.7 Å². The summed E-state index contributed by atoms with van der Waals surface area (Å²) in [5.41, 5.74) is 0. The zero-order chi connectivity index (χ0) is 56.3. The second-order valence-electron chi connectivity index (χ2n) is 24.9. The molecule has 0 spiro atoms. The van der Waals surface area contributed by atoms with Gasteiger partial charge in [0.05, 0.1) is 39.9 Å². The number of unbranched alkanes of at least 4 members (excludes halogenated alkanes) is 47. The highest BCUT2D eigenvalue weighted by atomic mass is 31.2. The molecular formula is C68H135N2O6P. The van der Waals surface area contributed by atoms with Crippen molar-refractivity contribution in [1.82, 2.24) is 5.32 Å². The predicted octanol–water partition coefficient (Wildman–Crippen LogP) is 20.9. The number of hydrogen-bond donors (Lipinski definition) is 2. The van der Waals surface area contributed by atoms with Crippen LogP contribution in [0, 0.1) is 0 Å². The van der Waals surface area contributed by atoms with E-state index in [1.165, 1.54) is 283 Å². The number of amides is 1. The number of quaternary nitrogens is 1. The lowest BCUT2D eigenvalue weighted by Crippen LogP contribution is -2.46. The van der Waals surface area contributed by atoms with Crippen molar-refractivity contribution in [3.05, 3.63) is 24.3 Å². The molecule has 0 aromatic carbocycles. The summed E-state index contributed by atoms with van der Waals surface area (Å²) in [6, 6.07) is -0.798. The highest BCUT2D eigenvalue weighted by molar-refractivity contribution is 7.45. The first-order valence-corrected chi connectivity index (χ1v) is 35.6. The number of carbonyl (C=O) groups excluding carboxylic acids is 1. The number of aliphatic hydroxyl groups excluding tert-OH is 1. The molecule has 0 aliphatic rings. The number of hydrogen-bond acceptors (Lipinski definition) is 6. The number of aliphatic hydroxyl groups is 1. The number of rotatable bonds is 64. The van der Waals surface area contributed by atoms with Gasteiger partial charge >= 0.3 is 0 Å². The quantitative estimate of drug-likeness (QED) is 0.0272. The Kier molecular flexibility index (Phi) is 58.8. The SMILES string of the molecule is CCCCCCC/C=C\C/C=C\CCCCCCCCCCCCCCCCCCCCCCCCCC(=O)NC(COP(=O)([O-])OCC[N+](C)(C)C)C(O)CCCCCCCCCCCCCCCCCCCCCC. The summed E-state index contributed by atoms with van der Waals surface area (Å²) < 4.78 is 23.5. The lowest BCUT2D eigenvalue weighted by molar-refractivity contribution is -0.870. The van der Waals surface area contributed by atoms with Crippen LogP contribution in [-0.2, 0) is 18.4 Å². The van der Waals surface area contributed by atoms with Gasteiger partial charge in [0.25, 0.3) is 7.82 Å². The fourth-order valence-electron chi connectivity index (χ4n) is 10.6. The van der Waals surface area contributed by atoms with Crippen LogP contribution in [0.2, 0.25) is 0 Å². The Morgan fingerprint density at radius 1 is 0.455 bits per heavy atom. The van der Waals surface area contributed by atoms with Gasteiger partial charge in [0.1, 0.15) is 13.2 Å². The minimum absolute atomic E-state index is 0.0153. The van der Waals surface area contributed by atoms with Crippen molar-refractivity contribution in [2.45, 2.75) is 366 Å². The molecule has 3 unspecified atom stereocenters. The molecule has 0 bridgehead atoms. The van der Waals surface area contributed by atoms with E-state index in [0.717, 1.165) is 44.9 Å². The van der Waals surface area contributed by atoms with Crippen LogP contribution in [0.3, 0.4) is 0 Å². The molecule has 0 rings (SSSR count). The highest BCUT2D eigenvalue weighted by Gasteiger charge is 2.24. The van der Waals surface area contributed by atoms with Gasteiger partial charge < -0.3 is 28.8 Å². The molecule has 0 aliphatic heterocycles. The van der Waals surface area contributed by atoms with Crippen molar-refractivity contribution in [2.75, 3.05) is 40.9 Å². The van der Waals surface area contributed by atoms with Gasteiger partial charge in [0, 0.05) is 6.42 Å². The lowest BCUT2D eigenvalue weighted by atomic mass is 10.0. The first kappa shape index (κ1) is 76.0. The number of nitrogens with one attached hydrogen (secondary N) is 1. The predicted molar refractivity (Wildman–Crippen MR) is 335 cm³/mol. The number of likely N-dealkylation sites (N-methyl/N-ethyl adjacent to an activating group) is 1. The number of carbonyl (C=O) groups is 1. The highest BCUT2D eigenvalue weighted by Crippen LogP contribution is 2.38. The van der Waals surface area contributed by atoms with Gasteiger partial charge in [0.2, 0.25) is 5.91 Å². The van der Waals surface area contributed by atoms with Gasteiger partial charge in [-0.2, -0.15) is 0 Å². The first-order chi connectivity index (χ1) is 37.5. The summed E-state index contributed by atoms with van der Waals surface area (Å²) in [5.74, 6) is -0.156. The third-order valence-corrected chi connectivity index (χ3v) is 16.9. The Morgan fingerprint density at radius 2 is 0.753 bits per heavy atom. The summed E-state index contributed by atoms with van der Waals surface area (Å²) in [4.78, 5) is 25.6. The van der Waals surface area contributed by atoms with Crippen LogP contribution in [0.15, 0.2) is 24.3 Å². The topological polar surface area (TPSA) is 108 Å². The molecule has 1 amide bonds. The number of phosphoric acid groups is 1. The summed E-state index contributed by atoms with van der Waals surface area (Å²) in [5, 5.41) is 14.1. The molecule has 77 heavy (non-hydrogen) atoms. The first-order valence-electron chi connectivity index (χ1n) is 34.2. The Morgan fingerprint density at radius 3 is 1.08 bits per heavy atom. The number of phosphoric ester groups is 1. The average molecular weight is 1110 g/mol. The second-order valence-corrected chi connectivity index (χ2v) is 26.3. The molecule has 0 heterocycles. The average Bonchev–Trinajstić information content (AvgIpc) is 3.39.